The molecule has 1 aliphatic heterocycles. The van der Waals surface area contributed by atoms with Gasteiger partial charge in [-0.25, -0.2) is 0 Å². The van der Waals surface area contributed by atoms with E-state index in [2.05, 4.69) is 5.32 Å². The third-order valence-corrected chi connectivity index (χ3v) is 4.27. The van der Waals surface area contributed by atoms with Crippen LogP contribution >= 0.6 is 11.8 Å². The Kier molecular flexibility index (Phi) is 5.55. The normalized spacial score (nSPS) is 15.8. The van der Waals surface area contributed by atoms with Crippen LogP contribution in [0.25, 0.3) is 0 Å². The Morgan fingerprint density at radius 1 is 1.45 bits per heavy atom. The number of thioether (sulfide) groups is 1. The Balaban J connectivity index is 1.92. The molecule has 1 aromatic rings. The number of rotatable bonds is 4. The molecule has 1 fully saturated rings. The van der Waals surface area contributed by atoms with Gasteiger partial charge in [0.05, 0.1) is 12.9 Å². The van der Waals surface area contributed by atoms with Crippen molar-refractivity contribution in [1.29, 1.82) is 0 Å². The summed E-state index contributed by atoms with van der Waals surface area (Å²) in [6.45, 7) is 3.49. The lowest BCUT2D eigenvalue weighted by atomic mass is 10.3. The van der Waals surface area contributed by atoms with Crippen molar-refractivity contribution in [2.75, 3.05) is 44.8 Å². The molecule has 1 saturated heterocycles. The number of anilines is 1. The summed E-state index contributed by atoms with van der Waals surface area (Å²) >= 11 is 1.50. The van der Waals surface area contributed by atoms with Crippen LogP contribution < -0.4 is 15.8 Å². The molecule has 2 rings (SSSR count). The summed E-state index contributed by atoms with van der Waals surface area (Å²) in [5.74, 6) is 1.33. The number of hydrogen-bond donors (Lipinski definition) is 2. The predicted octanol–water partition coefficient (Wildman–Crippen LogP) is 1.19. The van der Waals surface area contributed by atoms with Gasteiger partial charge in [-0.1, -0.05) is 0 Å². The molecule has 6 heteroatoms. The number of nitrogens with one attached hydrogen (secondary N) is 1. The SMILES string of the molecule is COc1cc(N)ccc1SCC(=O)N1CCCNCC1. The Labute approximate surface area is 123 Å². The number of hydrogen-bond acceptors (Lipinski definition) is 5. The van der Waals surface area contributed by atoms with Crippen LogP contribution in [-0.2, 0) is 4.79 Å². The fraction of sp³-hybridized carbons (Fsp3) is 0.500. The molecule has 0 radical (unpaired) electrons. The maximum absolute atomic E-state index is 12.2. The van der Waals surface area contributed by atoms with E-state index < -0.39 is 0 Å². The van der Waals surface area contributed by atoms with Crippen LogP contribution in [0.5, 0.6) is 5.75 Å². The lowest BCUT2D eigenvalue weighted by molar-refractivity contribution is -0.128. The number of carbonyl (C=O) groups is 1. The zero-order chi connectivity index (χ0) is 14.4. The maximum Gasteiger partial charge on any atom is 0.232 e. The van der Waals surface area contributed by atoms with Crippen LogP contribution in [0.1, 0.15) is 6.42 Å². The highest BCUT2D eigenvalue weighted by Crippen LogP contribution is 2.31. The third kappa shape index (κ3) is 4.05. The molecule has 0 bridgehead atoms. The number of ether oxygens (including phenoxy) is 1. The number of amides is 1. The van der Waals surface area contributed by atoms with E-state index in [0.29, 0.717) is 11.4 Å². The summed E-state index contributed by atoms with van der Waals surface area (Å²) in [5.41, 5.74) is 6.38. The first-order valence-corrected chi connectivity index (χ1v) is 7.74. The molecule has 0 saturated carbocycles. The lowest BCUT2D eigenvalue weighted by Crippen LogP contribution is -2.35. The summed E-state index contributed by atoms with van der Waals surface area (Å²) in [7, 11) is 1.61. The zero-order valence-corrected chi connectivity index (χ0v) is 12.5. The molecular weight excluding hydrogens is 274 g/mol. The van der Waals surface area contributed by atoms with E-state index in [1.165, 1.54) is 11.8 Å². The molecule has 1 amide bonds. The molecule has 1 aromatic carbocycles. The summed E-state index contributed by atoms with van der Waals surface area (Å²) in [6, 6.07) is 5.50. The lowest BCUT2D eigenvalue weighted by Gasteiger charge is -2.20. The minimum atomic E-state index is 0.178. The van der Waals surface area contributed by atoms with Crippen LogP contribution in [0.3, 0.4) is 0 Å². The minimum absolute atomic E-state index is 0.178. The van der Waals surface area contributed by atoms with E-state index >= 15 is 0 Å². The predicted molar refractivity (Wildman–Crippen MR) is 82.2 cm³/mol. The van der Waals surface area contributed by atoms with Crippen molar-refractivity contribution in [2.45, 2.75) is 11.3 Å². The molecule has 0 atom stereocenters. The first kappa shape index (κ1) is 15.0. The second-order valence-corrected chi connectivity index (χ2v) is 5.70. The third-order valence-electron chi connectivity index (χ3n) is 3.23. The van der Waals surface area contributed by atoms with E-state index in [9.17, 15) is 4.79 Å². The van der Waals surface area contributed by atoms with Crippen molar-refractivity contribution in [3.05, 3.63) is 18.2 Å². The zero-order valence-electron chi connectivity index (χ0n) is 11.7. The molecular formula is C14H21N3O2S. The van der Waals surface area contributed by atoms with Gasteiger partial charge in [0, 0.05) is 36.3 Å². The van der Waals surface area contributed by atoms with Gasteiger partial charge >= 0.3 is 0 Å². The van der Waals surface area contributed by atoms with Crippen LogP contribution in [0, 0.1) is 0 Å². The Morgan fingerprint density at radius 2 is 2.30 bits per heavy atom. The largest absolute Gasteiger partial charge is 0.496 e. The molecule has 20 heavy (non-hydrogen) atoms. The molecule has 3 N–H and O–H groups in total. The van der Waals surface area contributed by atoms with E-state index in [1.807, 2.05) is 17.0 Å². The van der Waals surface area contributed by atoms with E-state index in [1.54, 1.807) is 13.2 Å². The number of carbonyl (C=O) groups excluding carboxylic acids is 1. The molecule has 110 valence electrons. The van der Waals surface area contributed by atoms with Crippen molar-refractivity contribution in [3.63, 3.8) is 0 Å². The van der Waals surface area contributed by atoms with Crippen molar-refractivity contribution < 1.29 is 9.53 Å². The first-order chi connectivity index (χ1) is 9.70. The van der Waals surface area contributed by atoms with Gasteiger partial charge in [-0.05, 0) is 25.1 Å². The molecule has 5 nitrogen and oxygen atoms in total. The number of nitrogens with two attached hydrogens (primary N) is 1. The molecule has 0 spiro atoms. The standard InChI is InChI=1S/C14H21N3O2S/c1-19-12-9-11(15)3-4-13(12)20-10-14(18)17-7-2-5-16-6-8-17/h3-4,9,16H,2,5-8,10,15H2,1H3. The number of benzene rings is 1. The monoisotopic (exact) mass is 295 g/mol. The average molecular weight is 295 g/mol. The van der Waals surface area contributed by atoms with Gasteiger partial charge in [-0.2, -0.15) is 0 Å². The highest BCUT2D eigenvalue weighted by molar-refractivity contribution is 8.00. The molecule has 1 heterocycles. The summed E-state index contributed by atoms with van der Waals surface area (Å²) in [5, 5.41) is 3.30. The number of methoxy groups -OCH3 is 1. The van der Waals surface area contributed by atoms with Crippen molar-refractivity contribution in [3.8, 4) is 5.75 Å². The van der Waals surface area contributed by atoms with Crippen LogP contribution in [0.4, 0.5) is 5.69 Å². The van der Waals surface area contributed by atoms with Crippen LogP contribution in [0.15, 0.2) is 23.1 Å². The van der Waals surface area contributed by atoms with E-state index in [0.717, 1.165) is 43.2 Å². The van der Waals surface area contributed by atoms with Gasteiger partial charge in [-0.3, -0.25) is 4.79 Å². The first-order valence-electron chi connectivity index (χ1n) is 6.75. The Bertz CT molecular complexity index is 460. The Morgan fingerprint density at radius 3 is 3.10 bits per heavy atom. The fourth-order valence-corrected chi connectivity index (χ4v) is 3.04. The second kappa shape index (κ2) is 7.40. The maximum atomic E-state index is 12.2. The van der Waals surface area contributed by atoms with Crippen molar-refractivity contribution >= 4 is 23.4 Å². The van der Waals surface area contributed by atoms with Crippen LogP contribution in [-0.4, -0.2) is 49.8 Å². The fourth-order valence-electron chi connectivity index (χ4n) is 2.13. The quantitative estimate of drug-likeness (QED) is 0.645. The highest BCUT2D eigenvalue weighted by Gasteiger charge is 2.16. The molecule has 1 aliphatic rings. The number of nitrogen functional groups attached to an aromatic ring is 1. The van der Waals surface area contributed by atoms with Gasteiger partial charge < -0.3 is 20.7 Å². The average Bonchev–Trinajstić information content (AvgIpc) is 2.74. The van der Waals surface area contributed by atoms with Gasteiger partial charge in [-0.15, -0.1) is 11.8 Å². The Hall–Kier alpha value is -1.40. The molecule has 0 unspecified atom stereocenters. The second-order valence-electron chi connectivity index (χ2n) is 4.68. The summed E-state index contributed by atoms with van der Waals surface area (Å²) in [6.07, 6.45) is 1.02. The van der Waals surface area contributed by atoms with Crippen molar-refractivity contribution in [2.24, 2.45) is 0 Å². The van der Waals surface area contributed by atoms with Crippen molar-refractivity contribution in [1.82, 2.24) is 10.2 Å². The molecule has 0 aliphatic carbocycles. The van der Waals surface area contributed by atoms with E-state index in [4.69, 9.17) is 10.5 Å². The van der Waals surface area contributed by atoms with E-state index in [-0.39, 0.29) is 5.91 Å². The highest BCUT2D eigenvalue weighted by atomic mass is 32.2. The van der Waals surface area contributed by atoms with Gasteiger partial charge in [0.2, 0.25) is 5.91 Å². The van der Waals surface area contributed by atoms with Gasteiger partial charge in [0.1, 0.15) is 5.75 Å². The number of nitrogens with zero attached hydrogens (tertiary/aromatic N) is 1. The molecule has 0 aromatic heterocycles. The topological polar surface area (TPSA) is 67.6 Å². The van der Waals surface area contributed by atoms with Gasteiger partial charge in [0.25, 0.3) is 0 Å². The van der Waals surface area contributed by atoms with Crippen LogP contribution in [0.2, 0.25) is 0 Å². The smallest absolute Gasteiger partial charge is 0.232 e. The summed E-state index contributed by atoms with van der Waals surface area (Å²) in [4.78, 5) is 15.1. The van der Waals surface area contributed by atoms with Gasteiger partial charge in [0.15, 0.2) is 0 Å². The summed E-state index contributed by atoms with van der Waals surface area (Å²) < 4.78 is 5.29. The minimum Gasteiger partial charge on any atom is -0.496 e.